The predicted molar refractivity (Wildman–Crippen MR) is 169 cm³/mol. The first-order valence-corrected chi connectivity index (χ1v) is 14.4. The third-order valence-electron chi connectivity index (χ3n) is 6.84. The summed E-state index contributed by atoms with van der Waals surface area (Å²) < 4.78 is 4.68. The van der Waals surface area contributed by atoms with Crippen molar-refractivity contribution in [1.82, 2.24) is 24.9 Å². The minimum Gasteiger partial charge on any atom is -0.256 e. The van der Waals surface area contributed by atoms with E-state index in [1.165, 1.54) is 9.40 Å². The lowest BCUT2D eigenvalue weighted by Crippen LogP contribution is -1.84. The second-order valence-electron chi connectivity index (χ2n) is 9.44. The predicted octanol–water partition coefficient (Wildman–Crippen LogP) is 9.11. The van der Waals surface area contributed by atoms with Crippen LogP contribution >= 0.6 is 22.7 Å². The van der Waals surface area contributed by atoms with E-state index >= 15 is 0 Å². The summed E-state index contributed by atoms with van der Waals surface area (Å²) in [4.78, 5) is 22.8. The van der Waals surface area contributed by atoms with E-state index in [1.54, 1.807) is 22.7 Å². The molecule has 4 aromatic carbocycles. The molecule has 0 amide bonds. The third kappa shape index (κ3) is 4.12. The Morgan fingerprint density at radius 3 is 1.27 bits per heavy atom. The fourth-order valence-electron chi connectivity index (χ4n) is 4.91. The van der Waals surface area contributed by atoms with Gasteiger partial charge in [-0.3, -0.25) is 15.0 Å². The lowest BCUT2D eigenvalue weighted by molar-refractivity contribution is 1.41. The summed E-state index contributed by atoms with van der Waals surface area (Å²) in [5, 5.41) is 3.38. The van der Waals surface area contributed by atoms with Gasteiger partial charge in [-0.1, -0.05) is 30.3 Å². The van der Waals surface area contributed by atoms with Crippen LogP contribution in [-0.4, -0.2) is 24.9 Å². The maximum absolute atomic E-state index is 4.83. The molecule has 40 heavy (non-hydrogen) atoms. The lowest BCUT2D eigenvalue weighted by Gasteiger charge is -1.98. The quantitative estimate of drug-likeness (QED) is 0.139. The number of para-hydroxylation sites is 1. The Morgan fingerprint density at radius 1 is 0.350 bits per heavy atom. The Balaban J connectivity index is 0.000000125. The number of nitrogens with zero attached hydrogens (tertiary/aromatic N) is 5. The molecule has 0 spiro atoms. The Bertz CT molecular complexity index is 2080. The number of pyridine rings is 3. The lowest BCUT2D eigenvalue weighted by atomic mass is 10.2. The van der Waals surface area contributed by atoms with Crippen LogP contribution in [0.1, 0.15) is 0 Å². The van der Waals surface area contributed by atoms with Crippen LogP contribution in [0, 0.1) is 0 Å². The van der Waals surface area contributed by atoms with Gasteiger partial charge < -0.3 is 0 Å². The summed E-state index contributed by atoms with van der Waals surface area (Å²) in [6.45, 7) is 0. The van der Waals surface area contributed by atoms with Gasteiger partial charge in [0.1, 0.15) is 22.1 Å². The van der Waals surface area contributed by atoms with E-state index in [4.69, 9.17) is 9.97 Å². The van der Waals surface area contributed by atoms with Gasteiger partial charge in [0.25, 0.3) is 18.8 Å². The van der Waals surface area contributed by atoms with E-state index in [0.717, 1.165) is 64.2 Å². The molecule has 0 saturated heterocycles. The maximum atomic E-state index is 4.83. The van der Waals surface area contributed by atoms with Crippen molar-refractivity contribution in [3.63, 3.8) is 0 Å². The second kappa shape index (κ2) is 9.41. The summed E-state index contributed by atoms with van der Waals surface area (Å²) in [6, 6.07) is 33.0. The van der Waals surface area contributed by atoms with Gasteiger partial charge in [0.15, 0.2) is 0 Å². The summed E-state index contributed by atoms with van der Waals surface area (Å²) in [5.41, 5.74) is 7.16. The summed E-state index contributed by atoms with van der Waals surface area (Å²) in [6.07, 6.45) is 5.47. The van der Waals surface area contributed by atoms with Crippen molar-refractivity contribution in [2.24, 2.45) is 0 Å². The van der Waals surface area contributed by atoms with E-state index in [2.05, 4.69) is 81.7 Å². The molecule has 9 rings (SSSR count). The van der Waals surface area contributed by atoms with E-state index in [9.17, 15) is 0 Å². The van der Waals surface area contributed by atoms with Gasteiger partial charge in [0.05, 0.1) is 16.6 Å². The van der Waals surface area contributed by atoms with E-state index in [-0.39, 0.29) is 0 Å². The molecule has 9 aromatic rings. The molecule has 5 nitrogen and oxygen atoms in total. The zero-order valence-corrected chi connectivity index (χ0v) is 22.7. The molecule has 0 saturated carbocycles. The van der Waals surface area contributed by atoms with Crippen LogP contribution in [-0.2, 0) is 0 Å². The molecule has 0 N–H and O–H groups in total. The molecule has 0 radical (unpaired) electrons. The Kier molecular flexibility index (Phi) is 5.43. The van der Waals surface area contributed by atoms with Gasteiger partial charge in [-0.25, -0.2) is 9.97 Å². The van der Waals surface area contributed by atoms with E-state index in [0.29, 0.717) is 0 Å². The van der Waals surface area contributed by atoms with Gasteiger partial charge in [0, 0.05) is 59.0 Å². The van der Waals surface area contributed by atoms with Crippen molar-refractivity contribution in [2.45, 2.75) is 0 Å². The van der Waals surface area contributed by atoms with E-state index < -0.39 is 0 Å². The summed E-state index contributed by atoms with van der Waals surface area (Å²) >= 11 is 3.50. The maximum Gasteiger partial charge on any atom is 0.259 e. The van der Waals surface area contributed by atoms with Crippen LogP contribution in [0.4, 0.5) is 0 Å². The first kappa shape index (κ1) is 23.1. The van der Waals surface area contributed by atoms with Crippen LogP contribution in [0.25, 0.3) is 73.6 Å². The van der Waals surface area contributed by atoms with Crippen molar-refractivity contribution >= 4 is 96.2 Å². The topological polar surface area (TPSA) is 64.5 Å². The number of fused-ring (bicyclic) bond motifs is 7. The Morgan fingerprint density at radius 2 is 0.775 bits per heavy atom. The summed E-state index contributed by atoms with van der Waals surface area (Å²) in [7, 11) is 0. The monoisotopic (exact) mass is 549 g/mol. The largest absolute Gasteiger partial charge is 0.259 e. The van der Waals surface area contributed by atoms with Crippen LogP contribution in [0.5, 0.6) is 0 Å². The third-order valence-corrected chi connectivity index (χ3v) is 9.04. The standard InChI is InChI=1S/C18H10N3S.C15H9N2S/c1-3-11-7-15-17(9-13(11)19-5-1)22-18-10-14-12(4-2-6-20-14)8-16(18)21-15;1-2-6-14-11(5-1)17-13-8-10-4-3-7-16-12(10)9-15(13)18-14/h1-10H;1-9H/q2*+1. The highest BCUT2D eigenvalue weighted by atomic mass is 32.1. The first-order valence-electron chi connectivity index (χ1n) is 12.8. The number of hydrogen-bond donors (Lipinski definition) is 0. The van der Waals surface area contributed by atoms with Gasteiger partial charge >= 0.3 is 0 Å². The van der Waals surface area contributed by atoms with Crippen molar-refractivity contribution in [1.29, 1.82) is 0 Å². The molecule has 0 fully saturated rings. The highest BCUT2D eigenvalue weighted by Gasteiger charge is 2.16. The highest BCUT2D eigenvalue weighted by molar-refractivity contribution is 7.24. The van der Waals surface area contributed by atoms with Gasteiger partial charge in [-0.2, -0.15) is 0 Å². The molecule has 186 valence electrons. The minimum atomic E-state index is 1.01. The molecule has 0 aliphatic heterocycles. The average molecular weight is 550 g/mol. The van der Waals surface area contributed by atoms with E-state index in [1.807, 2.05) is 48.9 Å². The number of hydrogen-bond acceptors (Lipinski definition) is 5. The molecular weight excluding hydrogens is 531 g/mol. The molecule has 0 aliphatic rings. The number of aromatic nitrogens is 5. The highest BCUT2D eigenvalue weighted by Crippen LogP contribution is 2.31. The van der Waals surface area contributed by atoms with Gasteiger partial charge in [0.2, 0.25) is 22.7 Å². The van der Waals surface area contributed by atoms with Crippen molar-refractivity contribution in [3.05, 3.63) is 116 Å². The Labute approximate surface area is 236 Å². The summed E-state index contributed by atoms with van der Waals surface area (Å²) in [5.74, 6) is 0. The molecule has 5 heterocycles. The molecule has 0 unspecified atom stereocenters. The van der Waals surface area contributed by atoms with Crippen LogP contribution in [0.15, 0.2) is 116 Å². The van der Waals surface area contributed by atoms with Crippen molar-refractivity contribution in [3.8, 4) is 0 Å². The molecular formula is C33H19N5S2+2. The smallest absolute Gasteiger partial charge is 0.256 e. The van der Waals surface area contributed by atoms with Gasteiger partial charge in [-0.15, -0.1) is 0 Å². The molecule has 0 atom stereocenters. The van der Waals surface area contributed by atoms with Crippen molar-refractivity contribution in [2.75, 3.05) is 0 Å². The SMILES string of the molecule is c1cnc2cc3[s+]c4cc5ncccc5cc4nc3cc2c1.c1cnc2cc3[s+]c4ccccc4nc3cc2c1. The second-order valence-corrected chi connectivity index (χ2v) is 11.6. The zero-order chi connectivity index (χ0) is 26.5. The molecule has 0 aliphatic carbocycles. The van der Waals surface area contributed by atoms with Gasteiger partial charge in [-0.05, 0) is 42.5 Å². The number of benzene rings is 4. The first-order chi connectivity index (χ1) is 19.8. The van der Waals surface area contributed by atoms with Crippen LogP contribution in [0.3, 0.4) is 0 Å². The normalized spacial score (nSPS) is 11.5. The molecule has 0 bridgehead atoms. The Hall–Kier alpha value is -4.85. The molecule has 7 heteroatoms. The zero-order valence-electron chi connectivity index (χ0n) is 21.0. The number of rotatable bonds is 0. The fraction of sp³-hybridized carbons (Fsp3) is 0. The fourth-order valence-corrected chi connectivity index (χ4v) is 6.88. The minimum absolute atomic E-state index is 1.01. The van der Waals surface area contributed by atoms with Crippen LogP contribution < -0.4 is 0 Å². The average Bonchev–Trinajstić information content (AvgIpc) is 3.00. The molecule has 5 aromatic heterocycles. The van der Waals surface area contributed by atoms with Crippen LogP contribution in [0.2, 0.25) is 0 Å². The van der Waals surface area contributed by atoms with Crippen molar-refractivity contribution < 1.29 is 0 Å².